The SMILES string of the molecule is OCCOCCCCCCCCCCC#Cc1ccc(C(F)(F)F)cc1. The van der Waals surface area contributed by atoms with Crippen molar-refractivity contribution < 1.29 is 23.0 Å². The average molecular weight is 370 g/mol. The van der Waals surface area contributed by atoms with Crippen LogP contribution in [0.5, 0.6) is 0 Å². The van der Waals surface area contributed by atoms with Gasteiger partial charge in [0.1, 0.15) is 0 Å². The second-order valence-corrected chi connectivity index (χ2v) is 6.29. The van der Waals surface area contributed by atoms with Crippen molar-refractivity contribution in [3.63, 3.8) is 0 Å². The molecule has 0 saturated carbocycles. The Kier molecular flexibility index (Phi) is 11.8. The van der Waals surface area contributed by atoms with Gasteiger partial charge in [0.15, 0.2) is 0 Å². The Morgan fingerprint density at radius 1 is 0.808 bits per heavy atom. The average Bonchev–Trinajstić information content (AvgIpc) is 2.61. The summed E-state index contributed by atoms with van der Waals surface area (Å²) in [5, 5.41) is 8.57. The van der Waals surface area contributed by atoms with E-state index in [1.807, 2.05) is 0 Å². The van der Waals surface area contributed by atoms with E-state index in [1.165, 1.54) is 44.2 Å². The van der Waals surface area contributed by atoms with Crippen molar-refractivity contribution in [1.29, 1.82) is 0 Å². The van der Waals surface area contributed by atoms with Gasteiger partial charge < -0.3 is 9.84 Å². The molecule has 146 valence electrons. The molecule has 0 heterocycles. The van der Waals surface area contributed by atoms with Crippen LogP contribution >= 0.6 is 0 Å². The zero-order valence-electron chi connectivity index (χ0n) is 15.3. The lowest BCUT2D eigenvalue weighted by atomic mass is 10.1. The number of hydrogen-bond acceptors (Lipinski definition) is 2. The monoisotopic (exact) mass is 370 g/mol. The van der Waals surface area contributed by atoms with E-state index in [0.29, 0.717) is 12.2 Å². The summed E-state index contributed by atoms with van der Waals surface area (Å²) < 4.78 is 42.6. The normalized spacial score (nSPS) is 11.2. The zero-order chi connectivity index (χ0) is 19.1. The first-order valence-electron chi connectivity index (χ1n) is 9.39. The van der Waals surface area contributed by atoms with Gasteiger partial charge in [0.25, 0.3) is 0 Å². The van der Waals surface area contributed by atoms with E-state index in [4.69, 9.17) is 9.84 Å². The van der Waals surface area contributed by atoms with E-state index < -0.39 is 11.7 Å². The molecule has 0 unspecified atom stereocenters. The number of benzene rings is 1. The van der Waals surface area contributed by atoms with Crippen LogP contribution in [0.4, 0.5) is 13.2 Å². The third kappa shape index (κ3) is 11.2. The van der Waals surface area contributed by atoms with Crippen LogP contribution in [-0.4, -0.2) is 24.9 Å². The summed E-state index contributed by atoms with van der Waals surface area (Å²) in [6.07, 6.45) is 5.76. The van der Waals surface area contributed by atoms with Gasteiger partial charge in [-0.3, -0.25) is 0 Å². The van der Waals surface area contributed by atoms with Crippen LogP contribution in [0.2, 0.25) is 0 Å². The molecule has 0 fully saturated rings. The minimum atomic E-state index is -4.29. The van der Waals surface area contributed by atoms with Crippen LogP contribution in [0.25, 0.3) is 0 Å². The number of ether oxygens (including phenoxy) is 1. The van der Waals surface area contributed by atoms with Gasteiger partial charge in [-0.1, -0.05) is 50.4 Å². The number of rotatable bonds is 12. The van der Waals surface area contributed by atoms with Crippen molar-refractivity contribution in [3.8, 4) is 11.8 Å². The maximum Gasteiger partial charge on any atom is 0.416 e. The molecule has 1 aromatic rings. The zero-order valence-corrected chi connectivity index (χ0v) is 15.3. The highest BCUT2D eigenvalue weighted by Crippen LogP contribution is 2.28. The first-order chi connectivity index (χ1) is 12.5. The summed E-state index contributed by atoms with van der Waals surface area (Å²) in [5.41, 5.74) is -0.0123. The molecule has 0 amide bonds. The van der Waals surface area contributed by atoms with Crippen LogP contribution in [0.1, 0.15) is 68.9 Å². The van der Waals surface area contributed by atoms with Gasteiger partial charge in [-0.15, -0.1) is 0 Å². The molecule has 0 atom stereocenters. The number of alkyl halides is 3. The smallest absolute Gasteiger partial charge is 0.394 e. The molecule has 1 N–H and O–H groups in total. The highest BCUT2D eigenvalue weighted by Gasteiger charge is 2.29. The van der Waals surface area contributed by atoms with Gasteiger partial charge in [-0.25, -0.2) is 0 Å². The van der Waals surface area contributed by atoms with Crippen molar-refractivity contribution in [2.45, 2.75) is 64.0 Å². The Labute approximate surface area is 154 Å². The summed E-state index contributed by atoms with van der Waals surface area (Å²) >= 11 is 0. The second kappa shape index (κ2) is 13.7. The van der Waals surface area contributed by atoms with Crippen molar-refractivity contribution in [2.24, 2.45) is 0 Å². The highest BCUT2D eigenvalue weighted by molar-refractivity contribution is 5.36. The number of aliphatic hydroxyl groups excluding tert-OH is 1. The Morgan fingerprint density at radius 3 is 1.96 bits per heavy atom. The van der Waals surface area contributed by atoms with Crippen molar-refractivity contribution in [1.82, 2.24) is 0 Å². The molecule has 0 aliphatic carbocycles. The lowest BCUT2D eigenvalue weighted by Crippen LogP contribution is -2.04. The van der Waals surface area contributed by atoms with Crippen molar-refractivity contribution in [3.05, 3.63) is 35.4 Å². The first-order valence-corrected chi connectivity index (χ1v) is 9.39. The number of unbranched alkanes of at least 4 members (excludes halogenated alkanes) is 8. The minimum Gasteiger partial charge on any atom is -0.394 e. The first kappa shape index (κ1) is 22.5. The molecule has 26 heavy (non-hydrogen) atoms. The fourth-order valence-corrected chi connectivity index (χ4v) is 2.55. The fraction of sp³-hybridized carbons (Fsp3) is 0.619. The molecule has 1 rings (SSSR count). The van der Waals surface area contributed by atoms with E-state index in [1.54, 1.807) is 0 Å². The minimum absolute atomic E-state index is 0.0920. The molecule has 2 nitrogen and oxygen atoms in total. The van der Waals surface area contributed by atoms with E-state index in [-0.39, 0.29) is 6.61 Å². The van der Waals surface area contributed by atoms with Crippen LogP contribution in [0.3, 0.4) is 0 Å². The van der Waals surface area contributed by atoms with E-state index in [0.717, 1.165) is 44.4 Å². The van der Waals surface area contributed by atoms with Crippen LogP contribution in [0.15, 0.2) is 24.3 Å². The van der Waals surface area contributed by atoms with Crippen molar-refractivity contribution in [2.75, 3.05) is 19.8 Å². The van der Waals surface area contributed by atoms with Gasteiger partial charge in [0, 0.05) is 18.6 Å². The Bertz CT molecular complexity index is 527. The molecule has 0 aliphatic heterocycles. The summed E-state index contributed by atoms with van der Waals surface area (Å²) in [4.78, 5) is 0. The lowest BCUT2D eigenvalue weighted by molar-refractivity contribution is -0.137. The van der Waals surface area contributed by atoms with Crippen LogP contribution in [-0.2, 0) is 10.9 Å². The van der Waals surface area contributed by atoms with Gasteiger partial charge >= 0.3 is 6.18 Å². The van der Waals surface area contributed by atoms with Crippen molar-refractivity contribution >= 4 is 0 Å². The number of hydrogen-bond donors (Lipinski definition) is 1. The lowest BCUT2D eigenvalue weighted by Gasteiger charge is -2.05. The predicted octanol–water partition coefficient (Wildman–Crippen LogP) is 5.58. The molecule has 1 aromatic carbocycles. The standard InChI is InChI=1S/C21H29F3O2/c22-21(23,24)20-14-12-19(13-15-20)11-9-7-5-3-1-2-4-6-8-10-17-26-18-16-25/h12-15,25H,1-8,10,16-18H2. The second-order valence-electron chi connectivity index (χ2n) is 6.29. The predicted molar refractivity (Wildman–Crippen MR) is 97.8 cm³/mol. The Hall–Kier alpha value is -1.51. The maximum absolute atomic E-state index is 12.5. The number of halogens is 3. The summed E-state index contributed by atoms with van der Waals surface area (Å²) in [7, 11) is 0. The Balaban J connectivity index is 1.99. The summed E-state index contributed by atoms with van der Waals surface area (Å²) in [5.74, 6) is 5.95. The maximum atomic E-state index is 12.5. The largest absolute Gasteiger partial charge is 0.416 e. The molecule has 0 bridgehead atoms. The third-order valence-corrected chi connectivity index (χ3v) is 4.02. The van der Waals surface area contributed by atoms with Crippen LogP contribution in [0, 0.1) is 11.8 Å². The van der Waals surface area contributed by atoms with Gasteiger partial charge in [-0.2, -0.15) is 13.2 Å². The van der Waals surface area contributed by atoms with Crippen LogP contribution < -0.4 is 0 Å². The van der Waals surface area contributed by atoms with E-state index in [2.05, 4.69) is 11.8 Å². The molecule has 0 saturated heterocycles. The molecule has 0 aliphatic rings. The fourth-order valence-electron chi connectivity index (χ4n) is 2.55. The highest BCUT2D eigenvalue weighted by atomic mass is 19.4. The summed E-state index contributed by atoms with van der Waals surface area (Å²) in [6.45, 7) is 1.26. The molecule has 0 spiro atoms. The number of aliphatic hydroxyl groups is 1. The van der Waals surface area contributed by atoms with Gasteiger partial charge in [0.05, 0.1) is 18.8 Å². The quantitative estimate of drug-likeness (QED) is 0.385. The molecular weight excluding hydrogens is 341 g/mol. The summed E-state index contributed by atoms with van der Waals surface area (Å²) in [6, 6.07) is 4.99. The molecule has 0 radical (unpaired) electrons. The molecule has 5 heteroatoms. The van der Waals surface area contributed by atoms with Gasteiger partial charge in [-0.05, 0) is 37.1 Å². The van der Waals surface area contributed by atoms with E-state index in [9.17, 15) is 13.2 Å². The van der Waals surface area contributed by atoms with Gasteiger partial charge in [0.2, 0.25) is 0 Å². The molecule has 0 aromatic heterocycles. The third-order valence-electron chi connectivity index (χ3n) is 4.02. The Morgan fingerprint density at radius 2 is 1.38 bits per heavy atom. The van der Waals surface area contributed by atoms with E-state index >= 15 is 0 Å². The topological polar surface area (TPSA) is 29.5 Å². The molecular formula is C21H29F3O2.